The van der Waals surface area contributed by atoms with Crippen LogP contribution in [0.1, 0.15) is 28.4 Å². The Morgan fingerprint density at radius 1 is 1.10 bits per heavy atom. The van der Waals surface area contributed by atoms with Crippen molar-refractivity contribution in [3.05, 3.63) is 65.2 Å². The van der Waals surface area contributed by atoms with Crippen molar-refractivity contribution in [2.45, 2.75) is 20.1 Å². The Labute approximate surface area is 123 Å². The van der Waals surface area contributed by atoms with Crippen molar-refractivity contribution < 1.29 is 19.4 Å². The number of hydrogen-bond acceptors (Lipinski definition) is 4. The standard InChI is InChI=1S/C17H18O4/c1-2-20-17(19)16-6-4-3-5-14(16)12-21-15-9-7-13(11-18)8-10-15/h3-10,18H,2,11-12H2,1H3. The maximum atomic E-state index is 11.9. The SMILES string of the molecule is CCOC(=O)c1ccccc1COc1ccc(CO)cc1. The van der Waals surface area contributed by atoms with Gasteiger partial charge in [0.25, 0.3) is 0 Å². The zero-order valence-electron chi connectivity index (χ0n) is 11.9. The molecule has 0 aromatic heterocycles. The van der Waals surface area contributed by atoms with Crippen molar-refractivity contribution in [3.63, 3.8) is 0 Å². The van der Waals surface area contributed by atoms with Gasteiger partial charge in [-0.15, -0.1) is 0 Å². The lowest BCUT2D eigenvalue weighted by Gasteiger charge is -2.10. The quantitative estimate of drug-likeness (QED) is 0.830. The normalized spacial score (nSPS) is 10.2. The van der Waals surface area contributed by atoms with Crippen LogP contribution in [-0.2, 0) is 18.0 Å². The third-order valence-corrected chi connectivity index (χ3v) is 3.01. The molecule has 21 heavy (non-hydrogen) atoms. The van der Waals surface area contributed by atoms with Crippen molar-refractivity contribution >= 4 is 5.97 Å². The second kappa shape index (κ2) is 7.45. The minimum atomic E-state index is -0.340. The summed E-state index contributed by atoms with van der Waals surface area (Å²) in [4.78, 5) is 11.9. The number of carbonyl (C=O) groups excluding carboxylic acids is 1. The zero-order chi connectivity index (χ0) is 15.1. The summed E-state index contributed by atoms with van der Waals surface area (Å²) in [6.07, 6.45) is 0. The average Bonchev–Trinajstić information content (AvgIpc) is 2.54. The summed E-state index contributed by atoms with van der Waals surface area (Å²) in [6, 6.07) is 14.4. The maximum Gasteiger partial charge on any atom is 0.338 e. The number of hydrogen-bond donors (Lipinski definition) is 1. The predicted molar refractivity (Wildman–Crippen MR) is 79.1 cm³/mol. The molecule has 0 saturated heterocycles. The van der Waals surface area contributed by atoms with Crippen molar-refractivity contribution in [3.8, 4) is 5.75 Å². The molecule has 0 unspecified atom stereocenters. The van der Waals surface area contributed by atoms with E-state index in [9.17, 15) is 4.79 Å². The lowest BCUT2D eigenvalue weighted by molar-refractivity contribution is 0.0523. The summed E-state index contributed by atoms with van der Waals surface area (Å²) >= 11 is 0. The van der Waals surface area contributed by atoms with Gasteiger partial charge in [-0.05, 0) is 30.7 Å². The highest BCUT2D eigenvalue weighted by atomic mass is 16.5. The van der Waals surface area contributed by atoms with Crippen molar-refractivity contribution in [1.82, 2.24) is 0 Å². The number of carbonyl (C=O) groups is 1. The van der Waals surface area contributed by atoms with E-state index in [2.05, 4.69) is 0 Å². The van der Waals surface area contributed by atoms with Crippen molar-refractivity contribution in [1.29, 1.82) is 0 Å². The molecule has 2 aromatic rings. The molecule has 0 aliphatic carbocycles. The van der Waals surface area contributed by atoms with Crippen LogP contribution in [0.2, 0.25) is 0 Å². The number of rotatable bonds is 6. The predicted octanol–water partition coefficient (Wildman–Crippen LogP) is 2.93. The molecule has 0 radical (unpaired) electrons. The first-order chi connectivity index (χ1) is 10.2. The van der Waals surface area contributed by atoms with Gasteiger partial charge in [-0.25, -0.2) is 4.79 Å². The van der Waals surface area contributed by atoms with Gasteiger partial charge < -0.3 is 14.6 Å². The molecule has 110 valence electrons. The van der Waals surface area contributed by atoms with Gasteiger partial charge in [0.15, 0.2) is 0 Å². The minimum Gasteiger partial charge on any atom is -0.489 e. The summed E-state index contributed by atoms with van der Waals surface area (Å²) in [5.41, 5.74) is 2.13. The van der Waals surface area contributed by atoms with Gasteiger partial charge in [-0.1, -0.05) is 30.3 Å². The van der Waals surface area contributed by atoms with Crippen molar-refractivity contribution in [2.24, 2.45) is 0 Å². The van der Waals surface area contributed by atoms with E-state index < -0.39 is 0 Å². The van der Waals surface area contributed by atoms with E-state index in [1.807, 2.05) is 12.1 Å². The van der Waals surface area contributed by atoms with Gasteiger partial charge in [0.1, 0.15) is 12.4 Å². The Balaban J connectivity index is 2.07. The van der Waals surface area contributed by atoms with E-state index in [1.165, 1.54) is 0 Å². The minimum absolute atomic E-state index is 0.00592. The van der Waals surface area contributed by atoms with E-state index in [0.717, 1.165) is 11.1 Å². The number of aliphatic hydroxyl groups excluding tert-OH is 1. The Hall–Kier alpha value is -2.33. The highest BCUT2D eigenvalue weighted by Gasteiger charge is 2.12. The molecule has 0 heterocycles. The fraction of sp³-hybridized carbons (Fsp3) is 0.235. The Bertz CT molecular complexity index is 590. The van der Waals surface area contributed by atoms with Gasteiger partial charge in [0.2, 0.25) is 0 Å². The fourth-order valence-corrected chi connectivity index (χ4v) is 1.91. The van der Waals surface area contributed by atoms with Crippen LogP contribution in [0.25, 0.3) is 0 Å². The summed E-state index contributed by atoms with van der Waals surface area (Å²) in [5.74, 6) is 0.346. The first-order valence-electron chi connectivity index (χ1n) is 6.82. The number of ether oxygens (including phenoxy) is 2. The van der Waals surface area contributed by atoms with Crippen molar-refractivity contribution in [2.75, 3.05) is 6.61 Å². The molecule has 2 aromatic carbocycles. The van der Waals surface area contributed by atoms with Crippen LogP contribution in [-0.4, -0.2) is 17.7 Å². The molecular weight excluding hydrogens is 268 g/mol. The van der Waals surface area contributed by atoms with Crippen LogP contribution in [0.3, 0.4) is 0 Å². The van der Waals surface area contributed by atoms with E-state index in [-0.39, 0.29) is 19.2 Å². The van der Waals surface area contributed by atoms with Crippen LogP contribution in [0.5, 0.6) is 5.75 Å². The fourth-order valence-electron chi connectivity index (χ4n) is 1.91. The molecule has 0 bridgehead atoms. The first-order valence-corrected chi connectivity index (χ1v) is 6.82. The summed E-state index contributed by atoms with van der Waals surface area (Å²) < 4.78 is 10.7. The van der Waals surface area contributed by atoms with E-state index in [4.69, 9.17) is 14.6 Å². The van der Waals surface area contributed by atoms with E-state index in [1.54, 1.807) is 43.3 Å². The molecule has 2 rings (SSSR count). The number of esters is 1. The number of aliphatic hydroxyl groups is 1. The van der Waals surface area contributed by atoms with Crippen LogP contribution in [0.4, 0.5) is 0 Å². The lowest BCUT2D eigenvalue weighted by Crippen LogP contribution is -2.09. The second-order valence-electron chi connectivity index (χ2n) is 4.47. The smallest absolute Gasteiger partial charge is 0.338 e. The highest BCUT2D eigenvalue weighted by molar-refractivity contribution is 5.91. The van der Waals surface area contributed by atoms with E-state index >= 15 is 0 Å². The average molecular weight is 286 g/mol. The van der Waals surface area contributed by atoms with Crippen LogP contribution < -0.4 is 4.74 Å². The maximum absolute atomic E-state index is 11.9. The molecule has 4 nitrogen and oxygen atoms in total. The summed E-state index contributed by atoms with van der Waals surface area (Å²) in [6.45, 7) is 2.41. The molecule has 0 fully saturated rings. The Morgan fingerprint density at radius 2 is 1.81 bits per heavy atom. The lowest BCUT2D eigenvalue weighted by atomic mass is 10.1. The highest BCUT2D eigenvalue weighted by Crippen LogP contribution is 2.17. The van der Waals surface area contributed by atoms with Crippen LogP contribution >= 0.6 is 0 Å². The molecule has 0 atom stereocenters. The molecule has 0 aliphatic rings. The molecule has 0 saturated carbocycles. The van der Waals surface area contributed by atoms with Gasteiger partial charge in [-0.2, -0.15) is 0 Å². The van der Waals surface area contributed by atoms with Gasteiger partial charge in [0, 0.05) is 5.56 Å². The molecule has 4 heteroatoms. The zero-order valence-corrected chi connectivity index (χ0v) is 11.9. The Morgan fingerprint density at radius 3 is 2.48 bits per heavy atom. The molecule has 0 aliphatic heterocycles. The monoisotopic (exact) mass is 286 g/mol. The first kappa shape index (κ1) is 15.1. The third-order valence-electron chi connectivity index (χ3n) is 3.01. The van der Waals surface area contributed by atoms with Gasteiger partial charge in [0.05, 0.1) is 18.8 Å². The van der Waals surface area contributed by atoms with E-state index in [0.29, 0.717) is 17.9 Å². The largest absolute Gasteiger partial charge is 0.489 e. The molecule has 0 amide bonds. The molecular formula is C17H18O4. The van der Waals surface area contributed by atoms with Crippen LogP contribution in [0, 0.1) is 0 Å². The molecule has 0 spiro atoms. The van der Waals surface area contributed by atoms with Gasteiger partial charge >= 0.3 is 5.97 Å². The summed E-state index contributed by atoms with van der Waals surface area (Å²) in [5, 5.41) is 8.99. The second-order valence-corrected chi connectivity index (χ2v) is 4.47. The third kappa shape index (κ3) is 4.07. The Kier molecular flexibility index (Phi) is 5.35. The van der Waals surface area contributed by atoms with Gasteiger partial charge in [-0.3, -0.25) is 0 Å². The topological polar surface area (TPSA) is 55.8 Å². The van der Waals surface area contributed by atoms with Crippen LogP contribution in [0.15, 0.2) is 48.5 Å². The molecule has 1 N–H and O–H groups in total. The number of benzene rings is 2. The summed E-state index contributed by atoms with van der Waals surface area (Å²) in [7, 11) is 0.